The van der Waals surface area contributed by atoms with Crippen LogP contribution in [0.5, 0.6) is 11.5 Å². The third kappa shape index (κ3) is 20.3. The summed E-state index contributed by atoms with van der Waals surface area (Å²) in [5.41, 5.74) is -0.203. The summed E-state index contributed by atoms with van der Waals surface area (Å²) in [6.45, 7) is 0.00490. The van der Waals surface area contributed by atoms with Gasteiger partial charge in [-0.25, -0.2) is 31.9 Å². The largest absolute Gasteiger partial charge is 1.00 e. The number of nitrogens with zero attached hydrogens (tertiary/aromatic N) is 6. The van der Waals surface area contributed by atoms with E-state index in [0.717, 1.165) is 38.1 Å². The van der Waals surface area contributed by atoms with Gasteiger partial charge in [-0.3, -0.25) is 33.3 Å². The van der Waals surface area contributed by atoms with Gasteiger partial charge in [-0.1, -0.05) is 96.5 Å². The molecule has 4 aliphatic rings. The molecule has 34 heteroatoms. The average molecular weight is 1570 g/mol. The molecule has 4 aromatic carbocycles. The van der Waals surface area contributed by atoms with Crippen molar-refractivity contribution in [3.63, 3.8) is 0 Å². The summed E-state index contributed by atoms with van der Waals surface area (Å²) in [4.78, 5) is 97.1. The van der Waals surface area contributed by atoms with E-state index in [4.69, 9.17) is 31.1 Å². The van der Waals surface area contributed by atoms with Gasteiger partial charge in [-0.2, -0.15) is 10.2 Å². The number of alkyl halides is 2. The van der Waals surface area contributed by atoms with E-state index in [1.807, 2.05) is 46.9 Å². The number of benzene rings is 4. The summed E-state index contributed by atoms with van der Waals surface area (Å²) in [6, 6.07) is 23.8. The van der Waals surface area contributed by atoms with Crippen molar-refractivity contribution in [1.29, 1.82) is 0 Å². The van der Waals surface area contributed by atoms with E-state index in [9.17, 15) is 47.4 Å². The second-order valence-electron chi connectivity index (χ2n) is 18.2. The zero-order chi connectivity index (χ0) is 62.6. The Kier molecular flexibility index (Phi) is 37.6. The number of carbonyl (C=O) groups is 6. The predicted octanol–water partition coefficient (Wildman–Crippen LogP) is -4.46. The van der Waals surface area contributed by atoms with Gasteiger partial charge in [0, 0.05) is 36.1 Å². The van der Waals surface area contributed by atoms with E-state index in [0.29, 0.717) is 48.1 Å². The molecule has 0 spiro atoms. The molecule has 2 fully saturated rings. The van der Waals surface area contributed by atoms with E-state index in [1.54, 1.807) is 46.2 Å². The van der Waals surface area contributed by atoms with Gasteiger partial charge in [0.25, 0.3) is 18.3 Å². The number of halogens is 7. The summed E-state index contributed by atoms with van der Waals surface area (Å²) in [5.74, 6) is -7.39. The molecule has 2 aromatic heterocycles. The van der Waals surface area contributed by atoms with Crippen molar-refractivity contribution in [3.8, 4) is 11.5 Å². The Morgan fingerprint density at radius 2 is 1.09 bits per heavy atom. The first-order chi connectivity index (χ1) is 41.4. The maximum Gasteiger partial charge on any atom is 1.00 e. The molecule has 10 rings (SSSR count). The molecule has 2 saturated heterocycles. The molecular weight excluding hydrogens is 1510 g/mol. The minimum Gasteiger partial charge on any atom is -1.00 e. The normalized spacial score (nSPS) is 16.5. The monoisotopic (exact) mass is 1560 g/mol. The number of aromatic nitrogens is 4. The van der Waals surface area contributed by atoms with Gasteiger partial charge in [-0.05, 0) is 71.5 Å². The minimum absolute atomic E-state index is 0. The third-order valence-corrected chi connectivity index (χ3v) is 14.2. The fourth-order valence-corrected chi connectivity index (χ4v) is 10.7. The number of aromatic hydroxyl groups is 1. The van der Waals surface area contributed by atoms with Crippen LogP contribution in [0.4, 0.5) is 31.9 Å². The van der Waals surface area contributed by atoms with Crippen molar-refractivity contribution in [2.24, 2.45) is 0 Å². The molecule has 90 heavy (non-hydrogen) atoms. The van der Waals surface area contributed by atoms with Crippen LogP contribution in [0.1, 0.15) is 94.3 Å². The van der Waals surface area contributed by atoms with Crippen molar-refractivity contribution in [1.82, 2.24) is 29.4 Å². The van der Waals surface area contributed by atoms with Gasteiger partial charge in [0.1, 0.15) is 4.61 Å². The Morgan fingerprint density at radius 3 is 1.49 bits per heavy atom. The molecule has 24 nitrogen and oxygen atoms in total. The maximum absolute atomic E-state index is 15.3. The van der Waals surface area contributed by atoms with Crippen molar-refractivity contribution in [2.45, 2.75) is 61.7 Å². The number of fused-ring (bicyclic) bond motifs is 4. The number of methoxy groups -OCH3 is 3. The van der Waals surface area contributed by atoms with Crippen molar-refractivity contribution in [2.75, 3.05) is 51.9 Å². The number of rotatable bonds is 12. The van der Waals surface area contributed by atoms with Crippen molar-refractivity contribution in [3.05, 3.63) is 187 Å². The molecule has 6 aromatic rings. The van der Waals surface area contributed by atoms with E-state index in [1.165, 1.54) is 47.8 Å². The molecule has 468 valence electrons. The summed E-state index contributed by atoms with van der Waals surface area (Å²) < 4.78 is 93.2. The van der Waals surface area contributed by atoms with Crippen LogP contribution in [0.2, 0.25) is 0 Å². The van der Waals surface area contributed by atoms with Crippen LogP contribution in [0.15, 0.2) is 119 Å². The molecule has 0 radical (unpaired) electrons. The third-order valence-electron chi connectivity index (χ3n) is 13.7. The van der Waals surface area contributed by atoms with Crippen LogP contribution >= 0.6 is 34.2 Å². The molecule has 6 heterocycles. The predicted molar refractivity (Wildman–Crippen MR) is 298 cm³/mol. The van der Waals surface area contributed by atoms with Crippen LogP contribution < -0.4 is 177 Å². The fraction of sp³-hybridized carbons (Fsp3) is 0.321. The Hall–Kier alpha value is -3.84. The van der Waals surface area contributed by atoms with Crippen molar-refractivity contribution >= 4 is 70.9 Å². The summed E-state index contributed by atoms with van der Waals surface area (Å²) in [6.07, 6.45) is 2.18. The zero-order valence-corrected chi connectivity index (χ0v) is 62.3. The van der Waals surface area contributed by atoms with Crippen LogP contribution in [-0.4, -0.2) is 135 Å². The molecule has 6 atom stereocenters. The van der Waals surface area contributed by atoms with Gasteiger partial charge in [0.05, 0.1) is 57.9 Å². The Balaban J connectivity index is 0.000000692. The smallest absolute Gasteiger partial charge is 1.00 e. The molecule has 1 N–H and O–H groups in total. The standard InChI is InChI=1S/C26H23F2N3O6.C23H19F2N3O3.C3H5ClO3.C3H5IO3.CH2O3.HI.2K.Na.H/c1-35-26(34)37-14-36-24-19(32)13-29-31-22(18-11-6-12-30(18)25(33)23(24)31)20(15-7-3-2-4-8-15)16-9-5-10-17(27)21(16)28;24-15-9-4-8-14(19(15)25)18(13-6-2-1-3-7-13)20-16-10-5-11-27(16)23(31)21-22(30)17(29)12-26-28(20)21;2*1-6-3(5)7-2-4;2-1-4-3;;;;;/h2-5,7-10,13,18,20,22H,6,11-12,14H2,1H3;1-4,6-9,12,16,18,20,30H,5,10-11H2;2*2H2,1H3;1,3H;1H;;;;/q;;;;;;3*+1;-1/p-2/t18-,20-,22-;16-,18-,20-;;;;;;;;/m11......../s1. The summed E-state index contributed by atoms with van der Waals surface area (Å²) >= 11 is 6.86. The van der Waals surface area contributed by atoms with E-state index < -0.39 is 107 Å². The Morgan fingerprint density at radius 1 is 0.678 bits per heavy atom. The second kappa shape index (κ2) is 41.1. The maximum atomic E-state index is 15.3. The number of carbonyl (C=O) groups excluding carboxylic acids is 6. The average Bonchev–Trinajstić information content (AvgIpc) is 1.74. The van der Waals surface area contributed by atoms with E-state index >= 15 is 8.78 Å². The summed E-state index contributed by atoms with van der Waals surface area (Å²) in [7, 11) is 3.60. The van der Waals surface area contributed by atoms with Gasteiger partial charge >= 0.3 is 151 Å². The molecule has 2 amide bonds. The van der Waals surface area contributed by atoms with Crippen LogP contribution in [0.25, 0.3) is 0 Å². The van der Waals surface area contributed by atoms with Gasteiger partial charge in [-0.15, -0.1) is 0 Å². The van der Waals surface area contributed by atoms with Gasteiger partial charge in [0.15, 0.2) is 46.5 Å². The van der Waals surface area contributed by atoms with Crippen LogP contribution in [0.3, 0.4) is 0 Å². The van der Waals surface area contributed by atoms with Gasteiger partial charge in [0.2, 0.25) is 23.4 Å². The first kappa shape index (κ1) is 82.3. The number of hydrogen-bond donors (Lipinski definition) is 1. The van der Waals surface area contributed by atoms with Gasteiger partial charge < -0.3 is 83.6 Å². The topological polar surface area (TPSA) is 296 Å². The second-order valence-corrected chi connectivity index (χ2v) is 19.1. The minimum atomic E-state index is -1.03. The molecule has 0 saturated carbocycles. The SMILES string of the molecule is COC(=O)OCCl.COC(=O)OCI.COC(=O)OCOc1c2n(ncc1=O)[C@@H]([C@H](c1ccccc1)c1cccc(F)c1F)[C@H]1CCCN1C2=O.O=C1c2c(O)c(=O)cnn2[C@@H]([C@H](c2ccccc2)c2cccc(F)c2F)[C@H]2CCCN12.O=CO[O-].[H-].[I-].[K+].[K+].[Na+]. The molecule has 4 aliphatic heterocycles. The molecule has 0 aliphatic carbocycles. The quantitative estimate of drug-likeness (QED) is 0.0115. The molecule has 0 bridgehead atoms. The van der Waals surface area contributed by atoms with Crippen molar-refractivity contribution < 1.29 is 252 Å². The number of amides is 2. The Labute approximate surface area is 655 Å². The summed E-state index contributed by atoms with van der Waals surface area (Å²) in [5, 5.41) is 27.3. The Bertz CT molecular complexity index is 3480. The fourth-order valence-electron chi connectivity index (χ4n) is 10.4. The number of ether oxygens (including phenoxy) is 7. The number of hydrogen-bond acceptors (Lipinski definition) is 20. The van der Waals surface area contributed by atoms with E-state index in [2.05, 4.69) is 38.8 Å². The molecule has 0 unspecified atom stereocenters. The van der Waals surface area contributed by atoms with Crippen LogP contribution in [-0.2, 0) is 38.1 Å². The molecular formula is C56H54ClF4I2K2N6NaO18. The van der Waals surface area contributed by atoms with E-state index in [-0.39, 0.29) is 205 Å². The first-order valence-electron chi connectivity index (χ1n) is 25.6. The first-order valence-corrected chi connectivity index (χ1v) is 27.6. The van der Waals surface area contributed by atoms with Crippen LogP contribution in [0, 0.1) is 23.3 Å². The zero-order valence-electron chi connectivity index (χ0n) is 50.0.